The van der Waals surface area contributed by atoms with E-state index in [1.54, 1.807) is 12.1 Å². The third kappa shape index (κ3) is 4.75. The fraction of sp³-hybridized carbons (Fsp3) is 0.500. The number of hydrogen-bond donors (Lipinski definition) is 0. The molecule has 0 aromatic heterocycles. The Morgan fingerprint density at radius 3 is 2.42 bits per heavy atom. The summed E-state index contributed by atoms with van der Waals surface area (Å²) in [6, 6.07) is 9.30. The summed E-state index contributed by atoms with van der Waals surface area (Å²) in [6.07, 6.45) is 1.50. The molecule has 1 aromatic carbocycles. The fourth-order valence-electron chi connectivity index (χ4n) is 1.90. The first-order valence-corrected chi connectivity index (χ1v) is 6.87. The molecule has 0 fully saturated rings. The zero-order valence-corrected chi connectivity index (χ0v) is 12.0. The molecular weight excluding hydrogens is 236 g/mol. The van der Waals surface area contributed by atoms with Crippen LogP contribution in [0.1, 0.15) is 38.3 Å². The number of nitrogens with zero attached hydrogens (tertiary/aromatic N) is 2. The normalized spacial score (nSPS) is 11.7. The highest BCUT2D eigenvalue weighted by atomic mass is 16.2. The van der Waals surface area contributed by atoms with Gasteiger partial charge in [-0.25, -0.2) is 0 Å². The van der Waals surface area contributed by atoms with Gasteiger partial charge in [0.1, 0.15) is 0 Å². The SMILES string of the molecule is CCC(C)CN(CC)C(=O)Cc1ccc(C#N)cc1. The van der Waals surface area contributed by atoms with Crippen molar-refractivity contribution in [3.8, 4) is 6.07 Å². The largest absolute Gasteiger partial charge is 0.342 e. The van der Waals surface area contributed by atoms with E-state index in [2.05, 4.69) is 19.9 Å². The molecule has 0 bridgehead atoms. The summed E-state index contributed by atoms with van der Waals surface area (Å²) in [4.78, 5) is 14.1. The number of likely N-dealkylation sites (N-methyl/N-ethyl adjacent to an activating group) is 1. The summed E-state index contributed by atoms with van der Waals surface area (Å²) in [6.45, 7) is 7.89. The molecule has 19 heavy (non-hydrogen) atoms. The average molecular weight is 258 g/mol. The molecule has 0 aliphatic carbocycles. The smallest absolute Gasteiger partial charge is 0.226 e. The summed E-state index contributed by atoms with van der Waals surface area (Å²) >= 11 is 0. The lowest BCUT2D eigenvalue weighted by atomic mass is 10.1. The molecule has 1 amide bonds. The molecule has 1 aromatic rings. The summed E-state index contributed by atoms with van der Waals surface area (Å²) in [5.74, 6) is 0.692. The van der Waals surface area contributed by atoms with Crippen molar-refractivity contribution in [1.29, 1.82) is 5.26 Å². The van der Waals surface area contributed by atoms with Crippen molar-refractivity contribution in [3.63, 3.8) is 0 Å². The van der Waals surface area contributed by atoms with Gasteiger partial charge < -0.3 is 4.90 Å². The van der Waals surface area contributed by atoms with E-state index in [1.165, 1.54) is 0 Å². The number of nitriles is 1. The standard InChI is InChI=1S/C16H22N2O/c1-4-13(3)12-18(5-2)16(19)10-14-6-8-15(11-17)9-7-14/h6-9,13H,4-5,10,12H2,1-3H3. The molecular formula is C16H22N2O. The number of amides is 1. The van der Waals surface area contributed by atoms with E-state index in [0.29, 0.717) is 17.9 Å². The monoisotopic (exact) mass is 258 g/mol. The van der Waals surface area contributed by atoms with Gasteiger partial charge in [-0.3, -0.25) is 4.79 Å². The molecule has 3 nitrogen and oxygen atoms in total. The van der Waals surface area contributed by atoms with Crippen molar-refractivity contribution in [3.05, 3.63) is 35.4 Å². The Bertz CT molecular complexity index is 445. The third-order valence-electron chi connectivity index (χ3n) is 3.40. The van der Waals surface area contributed by atoms with Crippen molar-refractivity contribution >= 4 is 5.91 Å². The molecule has 1 atom stereocenters. The number of benzene rings is 1. The second kappa shape index (κ2) is 7.58. The number of carbonyl (C=O) groups excluding carboxylic acids is 1. The van der Waals surface area contributed by atoms with Crippen molar-refractivity contribution in [2.45, 2.75) is 33.6 Å². The average Bonchev–Trinajstić information content (AvgIpc) is 2.45. The van der Waals surface area contributed by atoms with Crippen molar-refractivity contribution < 1.29 is 4.79 Å². The van der Waals surface area contributed by atoms with E-state index in [1.807, 2.05) is 24.0 Å². The van der Waals surface area contributed by atoms with Gasteiger partial charge in [0.2, 0.25) is 5.91 Å². The Morgan fingerprint density at radius 1 is 1.32 bits per heavy atom. The lowest BCUT2D eigenvalue weighted by Crippen LogP contribution is -2.35. The molecule has 0 aliphatic rings. The molecule has 1 unspecified atom stereocenters. The van der Waals surface area contributed by atoms with Gasteiger partial charge in [-0.1, -0.05) is 32.4 Å². The summed E-state index contributed by atoms with van der Waals surface area (Å²) in [5.41, 5.74) is 1.59. The summed E-state index contributed by atoms with van der Waals surface area (Å²) < 4.78 is 0. The molecule has 3 heteroatoms. The quantitative estimate of drug-likeness (QED) is 0.787. The highest BCUT2D eigenvalue weighted by molar-refractivity contribution is 5.78. The second-order valence-electron chi connectivity index (χ2n) is 4.93. The molecule has 1 rings (SSSR count). The van der Waals surface area contributed by atoms with Gasteiger partial charge >= 0.3 is 0 Å². The zero-order valence-electron chi connectivity index (χ0n) is 12.0. The highest BCUT2D eigenvalue weighted by Crippen LogP contribution is 2.09. The minimum Gasteiger partial charge on any atom is -0.342 e. The molecule has 0 saturated carbocycles. The van der Waals surface area contributed by atoms with Gasteiger partial charge in [0, 0.05) is 13.1 Å². The molecule has 0 saturated heterocycles. The van der Waals surface area contributed by atoms with E-state index >= 15 is 0 Å². The van der Waals surface area contributed by atoms with Crippen LogP contribution in [0.15, 0.2) is 24.3 Å². The van der Waals surface area contributed by atoms with Crippen LogP contribution in [0.3, 0.4) is 0 Å². The van der Waals surface area contributed by atoms with E-state index < -0.39 is 0 Å². The first-order valence-electron chi connectivity index (χ1n) is 6.87. The Hall–Kier alpha value is -1.82. The predicted molar refractivity (Wildman–Crippen MR) is 76.6 cm³/mol. The van der Waals surface area contributed by atoms with Crippen LogP contribution in [-0.4, -0.2) is 23.9 Å². The van der Waals surface area contributed by atoms with Crippen LogP contribution in [0.5, 0.6) is 0 Å². The molecule has 0 spiro atoms. The Kier molecular flexibility index (Phi) is 6.08. The van der Waals surface area contributed by atoms with E-state index in [9.17, 15) is 4.79 Å². The second-order valence-corrected chi connectivity index (χ2v) is 4.93. The molecule has 0 radical (unpaired) electrons. The van der Waals surface area contributed by atoms with Gasteiger partial charge in [0.05, 0.1) is 18.1 Å². The Balaban J connectivity index is 2.63. The molecule has 102 valence electrons. The van der Waals surface area contributed by atoms with Crippen LogP contribution in [0.2, 0.25) is 0 Å². The minimum atomic E-state index is 0.160. The Labute approximate surface area is 115 Å². The van der Waals surface area contributed by atoms with E-state index in [-0.39, 0.29) is 5.91 Å². The van der Waals surface area contributed by atoms with Gasteiger partial charge in [0.15, 0.2) is 0 Å². The number of hydrogen-bond acceptors (Lipinski definition) is 2. The predicted octanol–water partition coefficient (Wildman–Crippen LogP) is 3.00. The first-order chi connectivity index (χ1) is 9.10. The van der Waals surface area contributed by atoms with Gasteiger partial charge in [-0.15, -0.1) is 0 Å². The molecule has 0 N–H and O–H groups in total. The fourth-order valence-corrected chi connectivity index (χ4v) is 1.90. The number of carbonyl (C=O) groups is 1. The summed E-state index contributed by atoms with van der Waals surface area (Å²) in [5, 5.41) is 8.74. The van der Waals surface area contributed by atoms with Crippen LogP contribution in [0, 0.1) is 17.2 Å². The lowest BCUT2D eigenvalue weighted by Gasteiger charge is -2.24. The van der Waals surface area contributed by atoms with Crippen LogP contribution < -0.4 is 0 Å². The zero-order chi connectivity index (χ0) is 14.3. The van der Waals surface area contributed by atoms with Crippen LogP contribution >= 0.6 is 0 Å². The highest BCUT2D eigenvalue weighted by Gasteiger charge is 2.14. The minimum absolute atomic E-state index is 0.160. The topological polar surface area (TPSA) is 44.1 Å². The van der Waals surface area contributed by atoms with Gasteiger partial charge in [0.25, 0.3) is 0 Å². The van der Waals surface area contributed by atoms with Crippen molar-refractivity contribution in [1.82, 2.24) is 4.90 Å². The summed E-state index contributed by atoms with van der Waals surface area (Å²) in [7, 11) is 0. The molecule has 0 aliphatic heterocycles. The van der Waals surface area contributed by atoms with Crippen LogP contribution in [0.4, 0.5) is 0 Å². The van der Waals surface area contributed by atoms with Gasteiger partial charge in [-0.05, 0) is 30.5 Å². The molecule has 0 heterocycles. The van der Waals surface area contributed by atoms with Gasteiger partial charge in [-0.2, -0.15) is 5.26 Å². The van der Waals surface area contributed by atoms with E-state index in [4.69, 9.17) is 5.26 Å². The van der Waals surface area contributed by atoms with E-state index in [0.717, 1.165) is 25.1 Å². The third-order valence-corrected chi connectivity index (χ3v) is 3.40. The maximum Gasteiger partial charge on any atom is 0.226 e. The Morgan fingerprint density at radius 2 is 1.95 bits per heavy atom. The lowest BCUT2D eigenvalue weighted by molar-refractivity contribution is -0.130. The maximum atomic E-state index is 12.2. The first kappa shape index (κ1) is 15.2. The van der Waals surface area contributed by atoms with Crippen molar-refractivity contribution in [2.75, 3.05) is 13.1 Å². The van der Waals surface area contributed by atoms with Crippen molar-refractivity contribution in [2.24, 2.45) is 5.92 Å². The van der Waals surface area contributed by atoms with Crippen LogP contribution in [-0.2, 0) is 11.2 Å². The maximum absolute atomic E-state index is 12.2. The number of rotatable bonds is 6. The van der Waals surface area contributed by atoms with Crippen LogP contribution in [0.25, 0.3) is 0 Å².